The van der Waals surface area contributed by atoms with Crippen molar-refractivity contribution in [2.75, 3.05) is 19.6 Å². The largest absolute Gasteiger partial charge is 0.456 e. The molecule has 140 heavy (non-hydrogen) atoms. The van der Waals surface area contributed by atoms with Crippen molar-refractivity contribution in [3.63, 3.8) is 0 Å². The Kier molecular flexibility index (Phi) is 20.1. The van der Waals surface area contributed by atoms with Gasteiger partial charge in [-0.05, 0) is 285 Å². The highest BCUT2D eigenvalue weighted by Crippen LogP contribution is 2.56. The molecule has 29 rings (SSSR count). The third-order valence-corrected chi connectivity index (χ3v) is 30.2. The predicted molar refractivity (Wildman–Crippen MR) is 591 cm³/mol. The Bertz CT molecular complexity index is 9180. The Morgan fingerprint density at radius 1 is 0.179 bits per heavy atom. The van der Waals surface area contributed by atoms with E-state index < -0.39 is 0 Å². The van der Waals surface area contributed by atoms with Crippen LogP contribution in [0.25, 0.3) is 174 Å². The van der Waals surface area contributed by atoms with Crippen LogP contribution in [0.2, 0.25) is 0 Å². The lowest BCUT2D eigenvalue weighted by molar-refractivity contribution is 0.445. The van der Waals surface area contributed by atoms with Gasteiger partial charge in [-0.15, -0.1) is 0 Å². The third kappa shape index (κ3) is 14.0. The summed E-state index contributed by atoms with van der Waals surface area (Å²) < 4.78 is 25.0. The number of rotatable bonds is 14. The summed E-state index contributed by atoms with van der Waals surface area (Å²) in [6.45, 7) is 4.34. The minimum absolute atomic E-state index is 0.581. The third-order valence-electron chi connectivity index (χ3n) is 30.2. The van der Waals surface area contributed by atoms with Gasteiger partial charge in [0.1, 0.15) is 44.7 Å². The standard InChI is InChI=1S/C50H32N2O2.C46H41NO.C36H25NO/c1-3-15-33(16-4-1)51(35-27-29-47-43(31-35)37-19-11-13-25-45(37)53-47)49-39-21-7-9-23-41(39)50(42-24-10-8-22-40(42)49)52(34-17-5-2-6-18-34)36-28-30-48-44(32-36)38-20-12-14-26-46(38)54-48;1-4-12-30(13-5-1)35-23-20-32-21-24-38-40(31-14-6-2-7-15-31)29-42(39-26-25-37(35)45(32)46(38)39)47(33-16-8-3-9-17-33)34-22-27-44-41(28-34)36-18-10-11-19-43(36)48-44;1-22-18-23(2)20-28(19-22)37(27-14-17-34-31(21-27)29-8-3-4-9-33(29)38-34)32-16-13-26-11-10-24-6-5-7-25-12-15-30(32)36(26)35(24)25/h1-32H;3,8-11,16-31H,1-2,4-7,12-15H2;3-21H,1-2H3. The monoisotopic (exact) mass is 1800 g/mol. The molecule has 0 aliphatic heterocycles. The maximum absolute atomic E-state index is 6.29. The molecule has 0 N–H and O–H groups in total. The van der Waals surface area contributed by atoms with E-state index in [0.717, 1.165) is 160 Å². The van der Waals surface area contributed by atoms with Gasteiger partial charge < -0.3 is 37.3 Å². The zero-order chi connectivity index (χ0) is 92.6. The van der Waals surface area contributed by atoms with E-state index in [2.05, 4.69) is 422 Å². The van der Waals surface area contributed by atoms with E-state index >= 15 is 0 Å². The Balaban J connectivity index is 0.000000107. The average Bonchev–Trinajstić information content (AvgIpc) is 0.760. The average molecular weight is 1800 g/mol. The number of furan rings is 4. The Morgan fingerprint density at radius 3 is 0.921 bits per heavy atom. The molecule has 0 atom stereocenters. The molecule has 0 amide bonds. The van der Waals surface area contributed by atoms with Crippen LogP contribution >= 0.6 is 0 Å². The second kappa shape index (κ2) is 34.1. The van der Waals surface area contributed by atoms with Gasteiger partial charge in [-0.2, -0.15) is 0 Å². The number of benzene rings is 23. The summed E-state index contributed by atoms with van der Waals surface area (Å²) in [5.74, 6) is 1.25. The highest BCUT2D eigenvalue weighted by Gasteiger charge is 2.32. The molecule has 23 aromatic carbocycles. The molecule has 8 heteroatoms. The topological polar surface area (TPSA) is 65.5 Å². The minimum atomic E-state index is 0.581. The lowest BCUT2D eigenvalue weighted by Gasteiger charge is -2.32. The van der Waals surface area contributed by atoms with Crippen molar-refractivity contribution in [1.82, 2.24) is 0 Å². The summed E-state index contributed by atoms with van der Waals surface area (Å²) in [5.41, 5.74) is 26.4. The Labute approximate surface area is 810 Å². The lowest BCUT2D eigenvalue weighted by atomic mass is 9.78. The molecule has 2 saturated carbocycles. The number of aryl methyl sites for hydroxylation is 2. The van der Waals surface area contributed by atoms with E-state index in [1.165, 1.54) is 163 Å². The Hall–Kier alpha value is -16.9. The van der Waals surface area contributed by atoms with E-state index in [1.807, 2.05) is 36.4 Å². The first-order valence-electron chi connectivity index (χ1n) is 49.7. The quantitative estimate of drug-likeness (QED) is 0.0606. The fourth-order valence-electron chi connectivity index (χ4n) is 24.0. The second-order valence-electron chi connectivity index (χ2n) is 38.6. The highest BCUT2D eigenvalue weighted by molar-refractivity contribution is 6.30. The van der Waals surface area contributed by atoms with E-state index in [4.69, 9.17) is 17.7 Å². The summed E-state index contributed by atoms with van der Waals surface area (Å²) in [5, 5.41) is 29.8. The highest BCUT2D eigenvalue weighted by atomic mass is 16.3. The van der Waals surface area contributed by atoms with Crippen LogP contribution in [0.3, 0.4) is 0 Å². The smallest absolute Gasteiger partial charge is 0.135 e. The predicted octanol–water partition coefficient (Wildman–Crippen LogP) is 39.4. The fraction of sp³-hybridized carbons (Fsp3) is 0.106. The molecule has 2 aliphatic carbocycles. The molecule has 0 saturated heterocycles. The van der Waals surface area contributed by atoms with Crippen LogP contribution in [0, 0.1) is 13.8 Å². The van der Waals surface area contributed by atoms with Gasteiger partial charge in [0.15, 0.2) is 0 Å². The molecule has 670 valence electrons. The van der Waals surface area contributed by atoms with E-state index in [1.54, 1.807) is 5.56 Å². The molecular formula is C132H98N4O4. The van der Waals surface area contributed by atoms with Gasteiger partial charge >= 0.3 is 0 Å². The van der Waals surface area contributed by atoms with Crippen molar-refractivity contribution in [2.45, 2.75) is 89.9 Å². The zero-order valence-corrected chi connectivity index (χ0v) is 78.1. The minimum Gasteiger partial charge on any atom is -0.456 e. The van der Waals surface area contributed by atoms with Gasteiger partial charge in [-0.3, -0.25) is 0 Å². The van der Waals surface area contributed by atoms with E-state index in [0.29, 0.717) is 11.8 Å². The number of hydrogen-bond acceptors (Lipinski definition) is 8. The van der Waals surface area contributed by atoms with Crippen LogP contribution in [-0.4, -0.2) is 0 Å². The van der Waals surface area contributed by atoms with Crippen LogP contribution in [0.15, 0.2) is 442 Å². The van der Waals surface area contributed by atoms with Crippen LogP contribution in [0.1, 0.15) is 98.3 Å². The summed E-state index contributed by atoms with van der Waals surface area (Å²) in [4.78, 5) is 9.74. The van der Waals surface area contributed by atoms with Gasteiger partial charge in [-0.1, -0.05) is 305 Å². The van der Waals surface area contributed by atoms with Crippen molar-refractivity contribution >= 4 is 242 Å². The number of fused-ring (bicyclic) bond motifs is 14. The first-order chi connectivity index (χ1) is 69.2. The van der Waals surface area contributed by atoms with Crippen molar-refractivity contribution in [2.24, 2.45) is 0 Å². The first-order valence-corrected chi connectivity index (χ1v) is 49.7. The molecule has 2 aliphatic rings. The molecule has 0 unspecified atom stereocenters. The molecule has 0 spiro atoms. The van der Waals surface area contributed by atoms with Gasteiger partial charge in [0.05, 0.1) is 22.7 Å². The molecule has 4 heterocycles. The molecule has 0 bridgehead atoms. The SMILES string of the molecule is Cc1cc(C)cc(N(c2ccc3oc4ccccc4c3c2)c2ccc3ccc4cccc5ccc2c3c45)c1.c1ccc(N(c2ccc3oc4ccccc4c3c2)c2c3ccccc3c(N(c3ccccc3)c3ccc4oc5ccccc5c4c3)c3ccccc23)cc1.c1ccc(N(c2ccc3oc4ccccc4c3c2)c2cc(C3CCCCC3)c3ccc4ccc(C5CCCCC5)c5ccc2c3c45)cc1. The number of hydrogen-bond donors (Lipinski definition) is 0. The zero-order valence-electron chi connectivity index (χ0n) is 78.1. The van der Waals surface area contributed by atoms with Gasteiger partial charge in [0.25, 0.3) is 0 Å². The van der Waals surface area contributed by atoms with Gasteiger partial charge in [0, 0.05) is 121 Å². The summed E-state index contributed by atoms with van der Waals surface area (Å²) >= 11 is 0. The maximum atomic E-state index is 6.29. The maximum Gasteiger partial charge on any atom is 0.135 e. The lowest BCUT2D eigenvalue weighted by Crippen LogP contribution is -2.14. The normalized spacial score (nSPS) is 13.4. The van der Waals surface area contributed by atoms with Crippen molar-refractivity contribution < 1.29 is 17.7 Å². The molecule has 2 fully saturated rings. The number of anilines is 12. The molecule has 27 aromatic rings. The van der Waals surface area contributed by atoms with Crippen molar-refractivity contribution in [1.29, 1.82) is 0 Å². The molecule has 0 radical (unpaired) electrons. The number of para-hydroxylation sites is 7. The van der Waals surface area contributed by atoms with Crippen LogP contribution in [-0.2, 0) is 0 Å². The molecule has 4 aromatic heterocycles. The molecule has 8 nitrogen and oxygen atoms in total. The number of nitrogens with zero attached hydrogens (tertiary/aromatic N) is 4. The molecular weight excluding hydrogens is 1710 g/mol. The van der Waals surface area contributed by atoms with Crippen LogP contribution in [0.5, 0.6) is 0 Å². The van der Waals surface area contributed by atoms with Crippen LogP contribution in [0.4, 0.5) is 68.2 Å². The van der Waals surface area contributed by atoms with Gasteiger partial charge in [0.2, 0.25) is 0 Å². The first kappa shape index (κ1) is 82.5. The van der Waals surface area contributed by atoms with Crippen molar-refractivity contribution in [3.8, 4) is 0 Å². The van der Waals surface area contributed by atoms with Gasteiger partial charge in [-0.25, -0.2) is 0 Å². The van der Waals surface area contributed by atoms with E-state index in [9.17, 15) is 0 Å². The summed E-state index contributed by atoms with van der Waals surface area (Å²) in [6.07, 6.45) is 13.3. The van der Waals surface area contributed by atoms with Crippen molar-refractivity contribution in [3.05, 3.63) is 447 Å². The van der Waals surface area contributed by atoms with E-state index in [-0.39, 0.29) is 0 Å². The van der Waals surface area contributed by atoms with Crippen LogP contribution < -0.4 is 19.6 Å². The summed E-state index contributed by atoms with van der Waals surface area (Å²) in [7, 11) is 0. The summed E-state index contributed by atoms with van der Waals surface area (Å²) in [6, 6.07) is 154. The Morgan fingerprint density at radius 2 is 0.486 bits per heavy atom. The fourth-order valence-corrected chi connectivity index (χ4v) is 24.0. The second-order valence-corrected chi connectivity index (χ2v) is 38.6.